The number of nitrogens with zero attached hydrogens (tertiary/aromatic N) is 3. The van der Waals surface area contributed by atoms with Gasteiger partial charge < -0.3 is 9.32 Å². The fraction of sp³-hybridized carbons (Fsp3) is 0.188. The Balaban J connectivity index is 1.54. The van der Waals surface area contributed by atoms with Gasteiger partial charge in [0.05, 0.1) is 11.4 Å². The maximum atomic E-state index is 12.5. The second-order valence-corrected chi connectivity index (χ2v) is 6.06. The minimum absolute atomic E-state index is 0.0257. The van der Waals surface area contributed by atoms with Crippen molar-refractivity contribution in [2.24, 2.45) is 0 Å². The van der Waals surface area contributed by atoms with Gasteiger partial charge in [0, 0.05) is 12.1 Å². The van der Waals surface area contributed by atoms with Crippen molar-refractivity contribution in [2.45, 2.75) is 13.0 Å². The second kappa shape index (κ2) is 5.38. The molecule has 1 amide bonds. The molecule has 3 heterocycles. The Morgan fingerprint density at radius 1 is 1.18 bits per heavy atom. The molecule has 110 valence electrons. The minimum atomic E-state index is 0.0257. The van der Waals surface area contributed by atoms with Crippen LogP contribution in [-0.2, 0) is 13.0 Å². The highest BCUT2D eigenvalue weighted by Crippen LogP contribution is 2.24. The number of carbonyl (C=O) groups is 1. The van der Waals surface area contributed by atoms with E-state index in [2.05, 4.69) is 10.2 Å². The number of carbonyl (C=O) groups excluding carboxylic acids is 1. The molecule has 0 aliphatic carbocycles. The first kappa shape index (κ1) is 13.2. The molecule has 1 aliphatic heterocycles. The number of rotatable bonds is 3. The van der Waals surface area contributed by atoms with E-state index in [1.807, 2.05) is 41.8 Å². The highest BCUT2D eigenvalue weighted by Gasteiger charge is 2.25. The molecular formula is C16H13N3O2S. The highest BCUT2D eigenvalue weighted by molar-refractivity contribution is 7.13. The molecule has 0 fully saturated rings. The second-order valence-electron chi connectivity index (χ2n) is 5.11. The van der Waals surface area contributed by atoms with Crippen LogP contribution >= 0.6 is 11.3 Å². The number of thiophene rings is 1. The van der Waals surface area contributed by atoms with Gasteiger partial charge in [-0.15, -0.1) is 21.5 Å². The van der Waals surface area contributed by atoms with E-state index in [1.54, 1.807) is 16.2 Å². The molecule has 22 heavy (non-hydrogen) atoms. The minimum Gasteiger partial charge on any atom is -0.418 e. The average molecular weight is 311 g/mol. The fourth-order valence-corrected chi connectivity index (χ4v) is 3.25. The SMILES string of the molecule is O=C1c2ccccc2CCN1Cc1nnc(-c2cccs2)o1. The molecule has 1 aromatic carbocycles. The summed E-state index contributed by atoms with van der Waals surface area (Å²) in [5, 5.41) is 10.1. The Kier molecular flexibility index (Phi) is 3.23. The number of fused-ring (bicyclic) bond motifs is 1. The molecule has 6 heteroatoms. The summed E-state index contributed by atoms with van der Waals surface area (Å²) in [4.78, 5) is 15.2. The third-order valence-corrected chi connectivity index (χ3v) is 4.57. The fourth-order valence-electron chi connectivity index (χ4n) is 2.61. The molecule has 0 radical (unpaired) electrons. The number of benzene rings is 1. The lowest BCUT2D eigenvalue weighted by atomic mass is 9.99. The monoisotopic (exact) mass is 311 g/mol. The maximum absolute atomic E-state index is 12.5. The normalized spacial score (nSPS) is 14.2. The third kappa shape index (κ3) is 2.31. The molecule has 0 saturated carbocycles. The Morgan fingerprint density at radius 3 is 2.95 bits per heavy atom. The summed E-state index contributed by atoms with van der Waals surface area (Å²) in [5.41, 5.74) is 1.88. The lowest BCUT2D eigenvalue weighted by molar-refractivity contribution is 0.0712. The van der Waals surface area contributed by atoms with E-state index in [9.17, 15) is 4.79 Å². The summed E-state index contributed by atoms with van der Waals surface area (Å²) in [6, 6.07) is 11.6. The van der Waals surface area contributed by atoms with Gasteiger partial charge in [0.15, 0.2) is 0 Å². The Hall–Kier alpha value is -2.47. The molecule has 3 aromatic rings. The summed E-state index contributed by atoms with van der Waals surface area (Å²) < 4.78 is 5.66. The van der Waals surface area contributed by atoms with Crippen molar-refractivity contribution >= 4 is 17.2 Å². The van der Waals surface area contributed by atoms with Gasteiger partial charge in [0.1, 0.15) is 0 Å². The molecule has 1 aliphatic rings. The molecule has 5 nitrogen and oxygen atoms in total. The van der Waals surface area contributed by atoms with E-state index in [4.69, 9.17) is 4.42 Å². The van der Waals surface area contributed by atoms with Gasteiger partial charge in [-0.3, -0.25) is 4.79 Å². The molecular weight excluding hydrogens is 298 g/mol. The average Bonchev–Trinajstić information content (AvgIpc) is 3.21. The van der Waals surface area contributed by atoms with E-state index in [0.29, 0.717) is 24.9 Å². The van der Waals surface area contributed by atoms with Crippen LogP contribution in [0.1, 0.15) is 21.8 Å². The summed E-state index contributed by atoms with van der Waals surface area (Å²) in [6.45, 7) is 1.03. The number of hydrogen-bond acceptors (Lipinski definition) is 5. The molecule has 2 aromatic heterocycles. The van der Waals surface area contributed by atoms with Crippen LogP contribution in [-0.4, -0.2) is 27.5 Å². The van der Waals surface area contributed by atoms with Crippen LogP contribution in [0.2, 0.25) is 0 Å². The van der Waals surface area contributed by atoms with Gasteiger partial charge in [-0.1, -0.05) is 24.3 Å². The summed E-state index contributed by atoms with van der Waals surface area (Å²) in [6.07, 6.45) is 0.855. The maximum Gasteiger partial charge on any atom is 0.257 e. The Morgan fingerprint density at radius 2 is 2.09 bits per heavy atom. The summed E-state index contributed by atoms with van der Waals surface area (Å²) in [5.74, 6) is 1.00. The van der Waals surface area contributed by atoms with Crippen LogP contribution in [0.4, 0.5) is 0 Å². The van der Waals surface area contributed by atoms with Gasteiger partial charge in [-0.25, -0.2) is 0 Å². The van der Waals surface area contributed by atoms with Crippen LogP contribution in [0.15, 0.2) is 46.2 Å². The molecule has 4 rings (SSSR count). The van der Waals surface area contributed by atoms with Gasteiger partial charge in [-0.2, -0.15) is 0 Å². The molecule has 0 bridgehead atoms. The predicted molar refractivity (Wildman–Crippen MR) is 82.5 cm³/mol. The zero-order chi connectivity index (χ0) is 14.9. The van der Waals surface area contributed by atoms with E-state index in [0.717, 1.165) is 22.4 Å². The number of aromatic nitrogens is 2. The van der Waals surface area contributed by atoms with E-state index in [1.165, 1.54) is 0 Å². The number of amides is 1. The zero-order valence-corrected chi connectivity index (χ0v) is 12.5. The van der Waals surface area contributed by atoms with Gasteiger partial charge in [0.25, 0.3) is 11.8 Å². The molecule has 0 spiro atoms. The van der Waals surface area contributed by atoms with Crippen LogP contribution in [0.5, 0.6) is 0 Å². The standard InChI is InChI=1S/C16H13N3O2S/c20-16-12-5-2-1-4-11(12)7-8-19(16)10-14-17-18-15(21-14)13-6-3-9-22-13/h1-6,9H,7-8,10H2. The van der Waals surface area contributed by atoms with Crippen molar-refractivity contribution < 1.29 is 9.21 Å². The molecule has 0 atom stereocenters. The van der Waals surface area contributed by atoms with Gasteiger partial charge in [0.2, 0.25) is 5.89 Å². The van der Waals surface area contributed by atoms with E-state index in [-0.39, 0.29) is 5.91 Å². The molecule has 0 N–H and O–H groups in total. The lowest BCUT2D eigenvalue weighted by Crippen LogP contribution is -2.37. The molecule has 0 unspecified atom stereocenters. The third-order valence-electron chi connectivity index (χ3n) is 3.71. The largest absolute Gasteiger partial charge is 0.418 e. The quantitative estimate of drug-likeness (QED) is 0.746. The van der Waals surface area contributed by atoms with Crippen molar-refractivity contribution in [3.63, 3.8) is 0 Å². The Labute approximate surface area is 131 Å². The molecule has 0 saturated heterocycles. The number of hydrogen-bond donors (Lipinski definition) is 0. The summed E-state index contributed by atoms with van der Waals surface area (Å²) >= 11 is 1.55. The topological polar surface area (TPSA) is 59.2 Å². The summed E-state index contributed by atoms with van der Waals surface area (Å²) in [7, 11) is 0. The Bertz CT molecular complexity index is 810. The van der Waals surface area contributed by atoms with Crippen LogP contribution < -0.4 is 0 Å². The first-order valence-corrected chi connectivity index (χ1v) is 7.92. The van der Waals surface area contributed by atoms with E-state index >= 15 is 0 Å². The van der Waals surface area contributed by atoms with Crippen LogP contribution in [0.25, 0.3) is 10.8 Å². The van der Waals surface area contributed by atoms with Crippen LogP contribution in [0, 0.1) is 0 Å². The van der Waals surface area contributed by atoms with Crippen LogP contribution in [0.3, 0.4) is 0 Å². The van der Waals surface area contributed by atoms with Crippen molar-refractivity contribution in [3.8, 4) is 10.8 Å². The van der Waals surface area contributed by atoms with Crippen molar-refractivity contribution in [2.75, 3.05) is 6.54 Å². The van der Waals surface area contributed by atoms with Crippen molar-refractivity contribution in [1.29, 1.82) is 0 Å². The zero-order valence-electron chi connectivity index (χ0n) is 11.7. The van der Waals surface area contributed by atoms with Gasteiger partial charge in [-0.05, 0) is 29.5 Å². The van der Waals surface area contributed by atoms with E-state index < -0.39 is 0 Å². The first-order chi connectivity index (χ1) is 10.8. The van der Waals surface area contributed by atoms with Gasteiger partial charge >= 0.3 is 0 Å². The smallest absolute Gasteiger partial charge is 0.257 e. The highest BCUT2D eigenvalue weighted by atomic mass is 32.1. The van der Waals surface area contributed by atoms with Crippen molar-refractivity contribution in [1.82, 2.24) is 15.1 Å². The van der Waals surface area contributed by atoms with Crippen molar-refractivity contribution in [3.05, 3.63) is 58.8 Å². The predicted octanol–water partition coefficient (Wildman–Crippen LogP) is 3.00. The lowest BCUT2D eigenvalue weighted by Gasteiger charge is -2.27. The first-order valence-electron chi connectivity index (χ1n) is 7.05.